The Morgan fingerprint density at radius 1 is 1.07 bits per heavy atom. The molecule has 30 heavy (non-hydrogen) atoms. The Labute approximate surface area is 189 Å². The van der Waals surface area contributed by atoms with E-state index in [0.29, 0.717) is 32.9 Å². The third-order valence-electron chi connectivity index (χ3n) is 4.64. The summed E-state index contributed by atoms with van der Waals surface area (Å²) in [5.41, 5.74) is 2.30. The lowest BCUT2D eigenvalue weighted by molar-refractivity contribution is 0.598. The fraction of sp³-hybridized carbons (Fsp3) is 0.211. The Bertz CT molecular complexity index is 1160. The molecule has 0 saturated heterocycles. The first kappa shape index (κ1) is 21.3. The highest BCUT2D eigenvalue weighted by Crippen LogP contribution is 2.39. The number of hydrazone groups is 1. The van der Waals surface area contributed by atoms with Gasteiger partial charge < -0.3 is 0 Å². The van der Waals surface area contributed by atoms with E-state index in [1.54, 1.807) is 35.3 Å². The number of hydrogen-bond donors (Lipinski definition) is 1. The lowest BCUT2D eigenvalue weighted by atomic mass is 10.0. The smallest absolute Gasteiger partial charge is 0.259 e. The summed E-state index contributed by atoms with van der Waals surface area (Å²) in [6.07, 6.45) is 1.75. The standard InChI is InChI=1S/C19H16Cl3N5O2S/c20-13-3-1-12(2-4-13)18-8-15(9-25-30(28,29)19-10-23-11-24-19)26-27(18)17-6-5-14(21)7-16(17)22/h1-7,10,18,25H,8-9,11H2. The van der Waals surface area contributed by atoms with Crippen molar-refractivity contribution in [3.63, 3.8) is 0 Å². The van der Waals surface area contributed by atoms with Crippen LogP contribution in [-0.4, -0.2) is 38.6 Å². The highest BCUT2D eigenvalue weighted by molar-refractivity contribution is 8.06. The maximum atomic E-state index is 12.4. The Morgan fingerprint density at radius 3 is 2.47 bits per heavy atom. The summed E-state index contributed by atoms with van der Waals surface area (Å²) in [6.45, 7) is 0.166. The lowest BCUT2D eigenvalue weighted by Gasteiger charge is -2.25. The molecule has 0 bridgehead atoms. The SMILES string of the molecule is O=S(=O)(NCC1=NN(c2ccc(Cl)cc2Cl)C(c2ccc(Cl)cc2)C1)C1=NCN=C1. The van der Waals surface area contributed by atoms with Gasteiger partial charge in [0.2, 0.25) is 0 Å². The third kappa shape index (κ3) is 4.53. The van der Waals surface area contributed by atoms with Crippen molar-refractivity contribution in [3.8, 4) is 0 Å². The van der Waals surface area contributed by atoms with Crippen LogP contribution in [0.3, 0.4) is 0 Å². The van der Waals surface area contributed by atoms with Gasteiger partial charge in [0.1, 0.15) is 6.67 Å². The van der Waals surface area contributed by atoms with Gasteiger partial charge in [-0.2, -0.15) is 5.10 Å². The van der Waals surface area contributed by atoms with E-state index in [-0.39, 0.29) is 24.3 Å². The molecule has 1 atom stereocenters. The molecule has 0 fully saturated rings. The van der Waals surface area contributed by atoms with E-state index < -0.39 is 10.0 Å². The van der Waals surface area contributed by atoms with Gasteiger partial charge in [0.25, 0.3) is 10.0 Å². The molecule has 156 valence electrons. The van der Waals surface area contributed by atoms with Gasteiger partial charge in [0, 0.05) is 16.5 Å². The van der Waals surface area contributed by atoms with Crippen LogP contribution in [0.15, 0.2) is 57.6 Å². The molecule has 1 unspecified atom stereocenters. The molecule has 0 spiro atoms. The number of sulfonamides is 1. The molecule has 11 heteroatoms. The molecule has 0 aliphatic carbocycles. The van der Waals surface area contributed by atoms with Gasteiger partial charge in [0.15, 0.2) is 5.04 Å². The molecule has 0 amide bonds. The summed E-state index contributed by atoms with van der Waals surface area (Å²) in [6, 6.07) is 12.4. The van der Waals surface area contributed by atoms with Crippen LogP contribution in [0.1, 0.15) is 18.0 Å². The van der Waals surface area contributed by atoms with Crippen LogP contribution in [0.2, 0.25) is 15.1 Å². The molecule has 2 aromatic carbocycles. The summed E-state index contributed by atoms with van der Waals surface area (Å²) in [7, 11) is -3.74. The molecule has 7 nitrogen and oxygen atoms in total. The average molecular weight is 485 g/mol. The van der Waals surface area contributed by atoms with Crippen LogP contribution in [0.4, 0.5) is 5.69 Å². The normalized spacial score (nSPS) is 18.6. The Morgan fingerprint density at radius 2 is 1.80 bits per heavy atom. The highest BCUT2D eigenvalue weighted by atomic mass is 35.5. The first-order valence-electron chi connectivity index (χ1n) is 8.93. The molecular formula is C19H16Cl3N5O2S. The van der Waals surface area contributed by atoms with Crippen LogP contribution in [-0.2, 0) is 10.0 Å². The number of rotatable bonds is 5. The topological polar surface area (TPSA) is 86.5 Å². The van der Waals surface area contributed by atoms with E-state index in [2.05, 4.69) is 19.8 Å². The quantitative estimate of drug-likeness (QED) is 0.686. The monoisotopic (exact) mass is 483 g/mol. The molecule has 2 heterocycles. The highest BCUT2D eigenvalue weighted by Gasteiger charge is 2.31. The van der Waals surface area contributed by atoms with E-state index in [1.807, 2.05) is 12.1 Å². The van der Waals surface area contributed by atoms with Crippen LogP contribution >= 0.6 is 34.8 Å². The minimum absolute atomic E-state index is 0.0427. The number of halogens is 3. The van der Waals surface area contributed by atoms with Gasteiger partial charge in [-0.3, -0.25) is 10.0 Å². The maximum absolute atomic E-state index is 12.4. The molecule has 0 saturated carbocycles. The zero-order chi connectivity index (χ0) is 21.3. The fourth-order valence-electron chi connectivity index (χ4n) is 3.19. The number of hydrogen-bond acceptors (Lipinski definition) is 6. The number of nitrogens with zero attached hydrogens (tertiary/aromatic N) is 4. The minimum Gasteiger partial charge on any atom is -0.267 e. The molecule has 2 aromatic rings. The summed E-state index contributed by atoms with van der Waals surface area (Å²) >= 11 is 18.5. The summed E-state index contributed by atoms with van der Waals surface area (Å²) in [5, 5.41) is 7.94. The number of nitrogens with one attached hydrogen (secondary N) is 1. The van der Waals surface area contributed by atoms with Crippen molar-refractivity contribution in [2.75, 3.05) is 18.2 Å². The van der Waals surface area contributed by atoms with Crippen LogP contribution < -0.4 is 9.73 Å². The van der Waals surface area contributed by atoms with Gasteiger partial charge >= 0.3 is 0 Å². The molecule has 0 aromatic heterocycles. The van der Waals surface area contributed by atoms with E-state index in [9.17, 15) is 8.42 Å². The zero-order valence-corrected chi connectivity index (χ0v) is 18.5. The van der Waals surface area contributed by atoms with E-state index in [0.717, 1.165) is 5.56 Å². The number of anilines is 1. The van der Waals surface area contributed by atoms with Crippen molar-refractivity contribution >= 4 is 67.5 Å². The second-order valence-electron chi connectivity index (χ2n) is 6.65. The zero-order valence-electron chi connectivity index (χ0n) is 15.5. The van der Waals surface area contributed by atoms with Crippen LogP contribution in [0.25, 0.3) is 0 Å². The summed E-state index contributed by atoms with van der Waals surface area (Å²) < 4.78 is 27.3. The first-order chi connectivity index (χ1) is 14.3. The summed E-state index contributed by atoms with van der Waals surface area (Å²) in [5.74, 6) is 0. The van der Waals surface area contributed by atoms with Gasteiger partial charge in [0.05, 0.1) is 35.2 Å². The Balaban J connectivity index is 1.61. The second-order valence-corrected chi connectivity index (χ2v) is 9.65. The van der Waals surface area contributed by atoms with E-state index in [4.69, 9.17) is 34.8 Å². The predicted molar refractivity (Wildman–Crippen MR) is 123 cm³/mol. The largest absolute Gasteiger partial charge is 0.267 e. The first-order valence-corrected chi connectivity index (χ1v) is 11.6. The van der Waals surface area contributed by atoms with E-state index >= 15 is 0 Å². The Hall–Kier alpha value is -1.97. The maximum Gasteiger partial charge on any atom is 0.259 e. The van der Waals surface area contributed by atoms with Gasteiger partial charge in [-0.25, -0.2) is 18.1 Å². The van der Waals surface area contributed by atoms with Crippen molar-refractivity contribution < 1.29 is 8.42 Å². The van der Waals surface area contributed by atoms with Crippen molar-refractivity contribution in [1.82, 2.24) is 4.72 Å². The van der Waals surface area contributed by atoms with Gasteiger partial charge in [-0.15, -0.1) is 0 Å². The molecule has 2 aliphatic heterocycles. The molecule has 4 rings (SSSR count). The molecule has 0 radical (unpaired) electrons. The fourth-order valence-corrected chi connectivity index (χ4v) is 4.76. The predicted octanol–water partition coefficient (Wildman–Crippen LogP) is 4.31. The van der Waals surface area contributed by atoms with Crippen molar-refractivity contribution in [1.29, 1.82) is 0 Å². The summed E-state index contributed by atoms with van der Waals surface area (Å²) in [4.78, 5) is 7.67. The average Bonchev–Trinajstić information content (AvgIpc) is 3.38. The van der Waals surface area contributed by atoms with Crippen molar-refractivity contribution in [3.05, 3.63) is 63.1 Å². The van der Waals surface area contributed by atoms with Gasteiger partial charge in [-0.05, 0) is 35.9 Å². The molecule has 1 N–H and O–H groups in total. The second kappa shape index (κ2) is 8.64. The lowest BCUT2D eigenvalue weighted by Crippen LogP contribution is -2.34. The number of benzene rings is 2. The van der Waals surface area contributed by atoms with Gasteiger partial charge in [-0.1, -0.05) is 46.9 Å². The van der Waals surface area contributed by atoms with E-state index in [1.165, 1.54) is 6.21 Å². The van der Waals surface area contributed by atoms with Crippen molar-refractivity contribution in [2.24, 2.45) is 15.1 Å². The van der Waals surface area contributed by atoms with Crippen molar-refractivity contribution in [2.45, 2.75) is 12.5 Å². The molecule has 2 aliphatic rings. The van der Waals surface area contributed by atoms with Crippen LogP contribution in [0, 0.1) is 0 Å². The Kier molecular flexibility index (Phi) is 6.13. The number of aliphatic imine (C=N–C) groups is 2. The minimum atomic E-state index is -3.74. The third-order valence-corrected chi connectivity index (χ3v) is 6.74. The van der Waals surface area contributed by atoms with Crippen LogP contribution in [0.5, 0.6) is 0 Å². The molecular weight excluding hydrogens is 469 g/mol.